The molecule has 0 aromatic heterocycles. The third-order valence-corrected chi connectivity index (χ3v) is 6.04. The normalized spacial score (nSPS) is 29.0. The number of alkyl halides is 2. The van der Waals surface area contributed by atoms with E-state index in [0.717, 1.165) is 29.8 Å². The highest BCUT2D eigenvalue weighted by molar-refractivity contribution is 7.85. The summed E-state index contributed by atoms with van der Waals surface area (Å²) in [7, 11) is 1.09. The van der Waals surface area contributed by atoms with Gasteiger partial charge in [0.2, 0.25) is 0 Å². The monoisotopic (exact) mass is 315 g/mol. The Balaban J connectivity index is 1.81. The molecule has 2 aliphatic rings. The van der Waals surface area contributed by atoms with Crippen LogP contribution in [-0.4, -0.2) is 41.1 Å². The van der Waals surface area contributed by atoms with E-state index in [1.165, 1.54) is 12.5 Å². The molecule has 6 heteroatoms. The predicted octanol–water partition coefficient (Wildman–Crippen LogP) is 2.98. The molecule has 1 aromatic rings. The van der Waals surface area contributed by atoms with E-state index in [4.69, 9.17) is 0 Å². The minimum Gasteiger partial charge on any atom is -0.435 e. The highest BCUT2D eigenvalue weighted by atomic mass is 32.2. The number of benzene rings is 1. The van der Waals surface area contributed by atoms with E-state index in [1.54, 1.807) is 12.1 Å². The van der Waals surface area contributed by atoms with Crippen molar-refractivity contribution in [3.63, 3.8) is 0 Å². The largest absolute Gasteiger partial charge is 0.435 e. The van der Waals surface area contributed by atoms with Crippen molar-refractivity contribution >= 4 is 10.8 Å². The maximum absolute atomic E-state index is 12.3. The van der Waals surface area contributed by atoms with Gasteiger partial charge in [-0.1, -0.05) is 0 Å². The molecule has 1 aromatic carbocycles. The van der Waals surface area contributed by atoms with E-state index in [9.17, 15) is 13.0 Å². The number of fused-ring (bicyclic) bond motifs is 1. The minimum absolute atomic E-state index is 0.160. The first-order valence-electron chi connectivity index (χ1n) is 7.22. The van der Waals surface area contributed by atoms with Crippen molar-refractivity contribution in [1.82, 2.24) is 4.90 Å². The number of likely N-dealkylation sites (tertiary alicyclic amines) is 1. The van der Waals surface area contributed by atoms with Gasteiger partial charge in [0.1, 0.15) is 5.75 Å². The molecule has 3 rings (SSSR count). The molecule has 116 valence electrons. The molecule has 0 N–H and O–H groups in total. The Morgan fingerprint density at radius 2 is 2.29 bits per heavy atom. The quantitative estimate of drug-likeness (QED) is 0.855. The van der Waals surface area contributed by atoms with Crippen LogP contribution in [0.3, 0.4) is 0 Å². The third-order valence-electron chi connectivity index (χ3n) is 4.47. The van der Waals surface area contributed by atoms with E-state index in [1.807, 2.05) is 0 Å². The molecule has 0 saturated carbocycles. The van der Waals surface area contributed by atoms with E-state index >= 15 is 0 Å². The van der Waals surface area contributed by atoms with Crippen LogP contribution in [0, 0.1) is 0 Å². The molecule has 3 nitrogen and oxygen atoms in total. The number of hydrogen-bond acceptors (Lipinski definition) is 3. The van der Waals surface area contributed by atoms with Crippen LogP contribution in [0.4, 0.5) is 8.78 Å². The average Bonchev–Trinajstić information content (AvgIpc) is 2.95. The Morgan fingerprint density at radius 3 is 2.95 bits per heavy atom. The summed E-state index contributed by atoms with van der Waals surface area (Å²) in [5.41, 5.74) is 0.923. The van der Waals surface area contributed by atoms with Gasteiger partial charge in [-0.05, 0) is 62.5 Å². The van der Waals surface area contributed by atoms with Crippen LogP contribution in [0.2, 0.25) is 0 Å². The summed E-state index contributed by atoms with van der Waals surface area (Å²) in [5.74, 6) is 0.928. The van der Waals surface area contributed by atoms with E-state index in [0.29, 0.717) is 11.8 Å². The summed E-state index contributed by atoms with van der Waals surface area (Å²) in [5, 5.41) is 0. The lowest BCUT2D eigenvalue weighted by molar-refractivity contribution is -0.0499. The highest BCUT2D eigenvalue weighted by Gasteiger charge is 2.33. The second kappa shape index (κ2) is 6.01. The number of ether oxygens (including phenoxy) is 1. The molecule has 0 aliphatic carbocycles. The van der Waals surface area contributed by atoms with E-state index < -0.39 is 17.4 Å². The second-order valence-electron chi connectivity index (χ2n) is 5.80. The summed E-state index contributed by atoms with van der Waals surface area (Å²) in [6.07, 6.45) is 3.29. The van der Waals surface area contributed by atoms with Crippen LogP contribution < -0.4 is 4.74 Å². The van der Waals surface area contributed by atoms with Gasteiger partial charge in [-0.3, -0.25) is 4.21 Å². The lowest BCUT2D eigenvalue weighted by Gasteiger charge is -2.23. The summed E-state index contributed by atoms with van der Waals surface area (Å²) >= 11 is 0. The van der Waals surface area contributed by atoms with Crippen LogP contribution in [0.15, 0.2) is 23.1 Å². The highest BCUT2D eigenvalue weighted by Crippen LogP contribution is 2.39. The van der Waals surface area contributed by atoms with Gasteiger partial charge in [-0.15, -0.1) is 0 Å². The fourth-order valence-electron chi connectivity index (χ4n) is 3.39. The molecule has 2 heterocycles. The molecule has 2 aliphatic heterocycles. The van der Waals surface area contributed by atoms with Gasteiger partial charge in [-0.2, -0.15) is 8.78 Å². The first-order valence-corrected chi connectivity index (χ1v) is 8.54. The molecule has 1 fully saturated rings. The molecule has 0 bridgehead atoms. The summed E-state index contributed by atoms with van der Waals surface area (Å²) in [4.78, 5) is 3.11. The molecule has 0 amide bonds. The zero-order valence-electron chi connectivity index (χ0n) is 11.9. The fourth-order valence-corrected chi connectivity index (χ4v) is 4.96. The van der Waals surface area contributed by atoms with Crippen LogP contribution in [0.1, 0.15) is 30.7 Å². The zero-order chi connectivity index (χ0) is 15.0. The van der Waals surface area contributed by atoms with Crippen molar-refractivity contribution in [3.05, 3.63) is 23.8 Å². The maximum atomic E-state index is 12.3. The molecular weight excluding hydrogens is 296 g/mol. The van der Waals surface area contributed by atoms with Crippen molar-refractivity contribution < 1.29 is 17.7 Å². The molecule has 21 heavy (non-hydrogen) atoms. The number of rotatable bonds is 4. The number of hydrogen-bond donors (Lipinski definition) is 0. The first-order chi connectivity index (χ1) is 10.0. The molecule has 0 spiro atoms. The number of halogens is 2. The van der Waals surface area contributed by atoms with Crippen molar-refractivity contribution in [2.45, 2.75) is 42.7 Å². The van der Waals surface area contributed by atoms with Gasteiger partial charge in [-0.25, -0.2) is 0 Å². The molecule has 3 atom stereocenters. The zero-order valence-corrected chi connectivity index (χ0v) is 12.7. The Hall–Kier alpha value is -1.01. The van der Waals surface area contributed by atoms with Gasteiger partial charge in [0, 0.05) is 16.7 Å². The standard InChI is InChI=1S/C15H19F2NO2S/c1-18-6-2-3-11(18)7-10-9-21(19)14-5-4-12(8-13(10)14)20-15(16)17/h4-5,8,10-11,15H,2-3,6-7,9H2,1H3/t10?,11-,21?/m1/s1. The lowest BCUT2D eigenvalue weighted by atomic mass is 9.93. The van der Waals surface area contributed by atoms with Crippen molar-refractivity contribution in [3.8, 4) is 5.75 Å². The number of nitrogens with zero attached hydrogens (tertiary/aromatic N) is 1. The summed E-state index contributed by atoms with van der Waals surface area (Å²) in [6.45, 7) is -1.73. The molecular formula is C15H19F2NO2S. The Kier molecular flexibility index (Phi) is 4.26. The Morgan fingerprint density at radius 1 is 1.48 bits per heavy atom. The summed E-state index contributed by atoms with van der Waals surface area (Å²) < 4.78 is 41.3. The average molecular weight is 315 g/mol. The van der Waals surface area contributed by atoms with Crippen molar-refractivity contribution in [1.29, 1.82) is 0 Å². The predicted molar refractivity (Wildman–Crippen MR) is 77.4 cm³/mol. The maximum Gasteiger partial charge on any atom is 0.387 e. The molecule has 2 unspecified atom stereocenters. The van der Waals surface area contributed by atoms with Gasteiger partial charge >= 0.3 is 6.61 Å². The summed E-state index contributed by atoms with van der Waals surface area (Å²) in [6, 6.07) is 5.29. The Labute approximate surface area is 125 Å². The van der Waals surface area contributed by atoms with Crippen LogP contribution in [-0.2, 0) is 10.8 Å². The van der Waals surface area contributed by atoms with Gasteiger partial charge in [0.05, 0.1) is 10.8 Å². The topological polar surface area (TPSA) is 29.5 Å². The molecule has 0 radical (unpaired) electrons. The van der Waals surface area contributed by atoms with Crippen molar-refractivity contribution in [2.24, 2.45) is 0 Å². The van der Waals surface area contributed by atoms with E-state index in [2.05, 4.69) is 16.7 Å². The van der Waals surface area contributed by atoms with Crippen LogP contribution >= 0.6 is 0 Å². The van der Waals surface area contributed by atoms with E-state index in [-0.39, 0.29) is 11.7 Å². The minimum atomic E-state index is -2.82. The SMILES string of the molecule is CN1CCC[C@@H]1CC1CS(=O)c2ccc(OC(F)F)cc21. The van der Waals surface area contributed by atoms with Crippen molar-refractivity contribution in [2.75, 3.05) is 19.3 Å². The van der Waals surface area contributed by atoms with Gasteiger partial charge in [0.25, 0.3) is 0 Å². The third kappa shape index (κ3) is 3.11. The van der Waals surface area contributed by atoms with Gasteiger partial charge < -0.3 is 9.64 Å². The first kappa shape index (κ1) is 14.9. The second-order valence-corrected chi connectivity index (χ2v) is 7.26. The Bertz CT molecular complexity index is 552. The van der Waals surface area contributed by atoms with Gasteiger partial charge in [0.15, 0.2) is 0 Å². The fraction of sp³-hybridized carbons (Fsp3) is 0.600. The smallest absolute Gasteiger partial charge is 0.387 e. The molecule has 1 saturated heterocycles. The lowest BCUT2D eigenvalue weighted by Crippen LogP contribution is -2.27. The van der Waals surface area contributed by atoms with Crippen LogP contribution in [0.25, 0.3) is 0 Å². The van der Waals surface area contributed by atoms with Crippen LogP contribution in [0.5, 0.6) is 5.75 Å².